The molecule has 0 radical (unpaired) electrons. The molecule has 3 amide bonds. The summed E-state index contributed by atoms with van der Waals surface area (Å²) < 4.78 is 29.8. The van der Waals surface area contributed by atoms with Crippen LogP contribution in [0.2, 0.25) is 0 Å². The molecular formula is C51H64N8O10. The molecule has 0 saturated carbocycles. The average molecular weight is 949 g/mol. The number of aromatic hydroxyl groups is 1. The van der Waals surface area contributed by atoms with E-state index in [9.17, 15) is 24.3 Å². The second kappa shape index (κ2) is 30.0. The zero-order valence-electron chi connectivity index (χ0n) is 39.5. The molecule has 18 heteroatoms. The number of nitrogens with zero attached hydrogens (tertiary/aromatic N) is 4. The van der Waals surface area contributed by atoms with E-state index in [0.29, 0.717) is 151 Å². The first-order chi connectivity index (χ1) is 33.6. The molecule has 1 heterocycles. The number of nitrogens with one attached hydrogen (secondary N) is 3. The van der Waals surface area contributed by atoms with Crippen molar-refractivity contribution in [3.8, 4) is 5.75 Å². The number of aromatic nitrogens is 2. The Hall–Kier alpha value is -6.67. The standard InChI is InChI=1S/C51H64N8O10/c1-3-23-59-46-35-38(9-16-44(46)55-51(59)56-50(64)42-8-4-7-41(36-42)37(2)60)11-18-48(62)53-21-5-24-65-26-28-67-30-32-69-33-31-68-29-27-66-25-6-22-54-49(63)40-12-14-43(15-13-40)57-58-45-34-39(19-20-52)10-17-47(45)61/h4,7-18,34-36,61H,3,5-6,19-33,52H2,1-2H3,(H,53,62)(H,54,63)(H,55,56,64)/b18-11+,58-57?. The first kappa shape index (κ1) is 53.3. The number of ketones is 1. The minimum absolute atomic E-state index is 0.0297. The number of anilines is 1. The van der Waals surface area contributed by atoms with Crippen LogP contribution in [-0.4, -0.2) is 124 Å². The lowest BCUT2D eigenvalue weighted by molar-refractivity contribution is -0.116. The first-order valence-corrected chi connectivity index (χ1v) is 23.2. The molecule has 0 fully saturated rings. The number of fused-ring (bicyclic) bond motifs is 1. The molecule has 5 rings (SSSR count). The zero-order valence-corrected chi connectivity index (χ0v) is 39.5. The van der Waals surface area contributed by atoms with E-state index in [0.717, 1.165) is 23.1 Å². The molecule has 6 N–H and O–H groups in total. The van der Waals surface area contributed by atoms with Gasteiger partial charge in [0.15, 0.2) is 5.78 Å². The van der Waals surface area contributed by atoms with Gasteiger partial charge in [-0.15, -0.1) is 5.11 Å². The molecule has 0 atom stereocenters. The average Bonchev–Trinajstić information content (AvgIpc) is 3.69. The van der Waals surface area contributed by atoms with Crippen LogP contribution < -0.4 is 21.7 Å². The minimum Gasteiger partial charge on any atom is -0.506 e. The predicted octanol–water partition coefficient (Wildman–Crippen LogP) is 6.95. The molecular weight excluding hydrogens is 885 g/mol. The Morgan fingerprint density at radius 3 is 1.99 bits per heavy atom. The zero-order chi connectivity index (χ0) is 49.1. The van der Waals surface area contributed by atoms with Gasteiger partial charge in [0.2, 0.25) is 11.9 Å². The molecule has 18 nitrogen and oxygen atoms in total. The number of azo groups is 1. The SMILES string of the molecule is CCCn1c(NC(=O)c2cccc(C(C)=O)c2)nc2ccc(/C=C/C(=O)NCCCOCCOCCOCCOCCOCCCNC(=O)c3ccc(N=Nc4cc(CCN)ccc4O)cc3)cc21. The number of rotatable bonds is 32. The van der Waals surface area contributed by atoms with Crippen LogP contribution in [0.5, 0.6) is 5.75 Å². The molecule has 0 aliphatic rings. The quantitative estimate of drug-likeness (QED) is 0.0127. The van der Waals surface area contributed by atoms with E-state index in [1.54, 1.807) is 72.8 Å². The van der Waals surface area contributed by atoms with Crippen LogP contribution in [0.25, 0.3) is 17.1 Å². The van der Waals surface area contributed by atoms with Crippen molar-refractivity contribution in [1.29, 1.82) is 0 Å². The van der Waals surface area contributed by atoms with Crippen molar-refractivity contribution in [2.24, 2.45) is 16.0 Å². The predicted molar refractivity (Wildman–Crippen MR) is 264 cm³/mol. The van der Waals surface area contributed by atoms with Gasteiger partial charge in [-0.1, -0.05) is 31.2 Å². The number of hydrogen-bond donors (Lipinski definition) is 5. The number of nitrogens with two attached hydrogens (primary N) is 1. The van der Waals surface area contributed by atoms with E-state index in [1.165, 1.54) is 13.0 Å². The summed E-state index contributed by atoms with van der Waals surface area (Å²) in [4.78, 5) is 54.5. The third-order valence-electron chi connectivity index (χ3n) is 10.3. The van der Waals surface area contributed by atoms with E-state index in [-0.39, 0.29) is 29.3 Å². The molecule has 0 aliphatic carbocycles. The van der Waals surface area contributed by atoms with Crippen molar-refractivity contribution >= 4 is 57.9 Å². The van der Waals surface area contributed by atoms with E-state index < -0.39 is 0 Å². The number of phenols is 1. The third kappa shape index (κ3) is 18.7. The number of benzene rings is 4. The highest BCUT2D eigenvalue weighted by molar-refractivity contribution is 6.06. The second-order valence-electron chi connectivity index (χ2n) is 15.7. The molecule has 5 aromatic rings. The van der Waals surface area contributed by atoms with Crippen molar-refractivity contribution in [3.05, 3.63) is 119 Å². The van der Waals surface area contributed by atoms with Gasteiger partial charge in [-0.2, -0.15) is 5.11 Å². The molecule has 1 aromatic heterocycles. The van der Waals surface area contributed by atoms with Gasteiger partial charge in [0.25, 0.3) is 11.8 Å². The van der Waals surface area contributed by atoms with Gasteiger partial charge >= 0.3 is 0 Å². The summed E-state index contributed by atoms with van der Waals surface area (Å²) in [6, 6.07) is 24.1. The highest BCUT2D eigenvalue weighted by atomic mass is 16.6. The maximum Gasteiger partial charge on any atom is 0.257 e. The third-order valence-corrected chi connectivity index (χ3v) is 10.3. The van der Waals surface area contributed by atoms with Gasteiger partial charge in [-0.3, -0.25) is 24.5 Å². The lowest BCUT2D eigenvalue weighted by Gasteiger charge is -2.09. The fourth-order valence-electron chi connectivity index (χ4n) is 6.68. The van der Waals surface area contributed by atoms with Crippen LogP contribution in [0.1, 0.15) is 75.3 Å². The number of carbonyl (C=O) groups excluding carboxylic acids is 4. The number of phenolic OH excluding ortho intramolecular Hbond substituents is 1. The molecule has 0 saturated heterocycles. The van der Waals surface area contributed by atoms with Crippen molar-refractivity contribution in [1.82, 2.24) is 20.2 Å². The van der Waals surface area contributed by atoms with Crippen LogP contribution in [0.4, 0.5) is 17.3 Å². The molecule has 0 spiro atoms. The number of amides is 3. The Morgan fingerprint density at radius 2 is 1.35 bits per heavy atom. The van der Waals surface area contributed by atoms with Crippen molar-refractivity contribution in [3.63, 3.8) is 0 Å². The normalized spacial score (nSPS) is 11.5. The molecule has 69 heavy (non-hydrogen) atoms. The number of imidazole rings is 1. The van der Waals surface area contributed by atoms with Crippen LogP contribution in [0, 0.1) is 0 Å². The van der Waals surface area contributed by atoms with E-state index in [2.05, 4.69) is 31.2 Å². The smallest absolute Gasteiger partial charge is 0.257 e. The molecule has 4 aromatic carbocycles. The summed E-state index contributed by atoms with van der Waals surface area (Å²) in [6.45, 7) is 9.99. The van der Waals surface area contributed by atoms with Crippen LogP contribution >= 0.6 is 0 Å². The summed E-state index contributed by atoms with van der Waals surface area (Å²) >= 11 is 0. The van der Waals surface area contributed by atoms with Crippen LogP contribution in [-0.2, 0) is 41.4 Å². The summed E-state index contributed by atoms with van der Waals surface area (Å²) in [5.74, 6) is -0.451. The lowest BCUT2D eigenvalue weighted by Crippen LogP contribution is -2.25. The van der Waals surface area contributed by atoms with Gasteiger partial charge < -0.3 is 49.7 Å². The van der Waals surface area contributed by atoms with Gasteiger partial charge in [-0.25, -0.2) is 4.98 Å². The number of ether oxygens (including phenoxy) is 5. The van der Waals surface area contributed by atoms with Crippen molar-refractivity contribution in [2.75, 3.05) is 91.0 Å². The van der Waals surface area contributed by atoms with E-state index in [1.807, 2.05) is 29.7 Å². The van der Waals surface area contributed by atoms with E-state index >= 15 is 0 Å². The van der Waals surface area contributed by atoms with Crippen LogP contribution in [0.15, 0.2) is 101 Å². The Labute approximate surface area is 402 Å². The van der Waals surface area contributed by atoms with Gasteiger partial charge in [0.1, 0.15) is 11.4 Å². The molecule has 368 valence electrons. The number of hydrogen-bond acceptors (Lipinski definition) is 14. The Bertz CT molecular complexity index is 2470. The second-order valence-corrected chi connectivity index (χ2v) is 15.7. The van der Waals surface area contributed by atoms with Crippen molar-refractivity contribution < 1.29 is 48.0 Å². The molecule has 0 aliphatic heterocycles. The summed E-state index contributed by atoms with van der Waals surface area (Å²) in [5, 5.41) is 27.0. The maximum atomic E-state index is 13.0. The summed E-state index contributed by atoms with van der Waals surface area (Å²) in [7, 11) is 0. The molecule has 0 bridgehead atoms. The Balaban J connectivity index is 0.813. The number of aryl methyl sites for hydroxylation is 1. The topological polar surface area (TPSA) is 239 Å². The summed E-state index contributed by atoms with van der Waals surface area (Å²) in [6.07, 6.45) is 6.01. The molecule has 0 unspecified atom stereocenters. The van der Waals surface area contributed by atoms with Gasteiger partial charge in [-0.05, 0) is 117 Å². The maximum absolute atomic E-state index is 13.0. The number of carbonyl (C=O) groups is 4. The highest BCUT2D eigenvalue weighted by Gasteiger charge is 2.16. The van der Waals surface area contributed by atoms with Gasteiger partial charge in [0, 0.05) is 55.6 Å². The Kier molecular flexibility index (Phi) is 23.1. The van der Waals surface area contributed by atoms with E-state index in [4.69, 9.17) is 29.4 Å². The highest BCUT2D eigenvalue weighted by Crippen LogP contribution is 2.29. The lowest BCUT2D eigenvalue weighted by atomic mass is 10.1. The first-order valence-electron chi connectivity index (χ1n) is 23.2. The summed E-state index contributed by atoms with van der Waals surface area (Å²) in [5.41, 5.74) is 11.2. The van der Waals surface area contributed by atoms with Crippen molar-refractivity contribution in [2.45, 2.75) is 46.1 Å². The van der Waals surface area contributed by atoms with Gasteiger partial charge in [0.05, 0.1) is 69.6 Å². The van der Waals surface area contributed by atoms with Crippen LogP contribution in [0.3, 0.4) is 0 Å². The largest absolute Gasteiger partial charge is 0.506 e. The monoisotopic (exact) mass is 948 g/mol. The number of Topliss-reactive ketones (excluding diaryl/α,β-unsaturated/α-hetero) is 1. The minimum atomic E-state index is -0.356. The Morgan fingerprint density at radius 1 is 0.710 bits per heavy atom. The fourth-order valence-corrected chi connectivity index (χ4v) is 6.68. The fraction of sp³-hybridized carbons (Fsp3) is 0.392.